The normalized spacial score (nSPS) is 12.5. The van der Waals surface area contributed by atoms with E-state index in [1.165, 1.54) is 0 Å². The van der Waals surface area contributed by atoms with Gasteiger partial charge in [-0.3, -0.25) is 14.6 Å². The Morgan fingerprint density at radius 3 is 2.41 bits per heavy atom. The smallest absolute Gasteiger partial charge is 0.251 e. The van der Waals surface area contributed by atoms with Gasteiger partial charge in [-0.25, -0.2) is 4.98 Å². The van der Waals surface area contributed by atoms with Crippen LogP contribution in [0.2, 0.25) is 0 Å². The van der Waals surface area contributed by atoms with Crippen LogP contribution in [-0.4, -0.2) is 39.4 Å². The first-order valence-corrected chi connectivity index (χ1v) is 15.0. The summed E-state index contributed by atoms with van der Waals surface area (Å²) >= 11 is 0. The molecule has 0 radical (unpaired) electrons. The molecule has 5 N–H and O–H groups in total. The zero-order chi connectivity index (χ0) is 30.6. The molecule has 2 aromatic heterocycles. The van der Waals surface area contributed by atoms with Gasteiger partial charge in [-0.05, 0) is 72.5 Å². The molecule has 0 fully saturated rings. The number of fused-ring (bicyclic) bond motifs is 1. The second-order valence-corrected chi connectivity index (χ2v) is 10.8. The SMILES string of the molecule is C[C@H](NC(=O)[C@H](CCCNCc1ncc[nH]1)NC(=O)c1ccc(CNCc2ccccn2)cc1)c1cccc2ccccc12. The Kier molecular flexibility index (Phi) is 10.8. The Morgan fingerprint density at radius 2 is 1.61 bits per heavy atom. The van der Waals surface area contributed by atoms with Gasteiger partial charge < -0.3 is 26.3 Å². The van der Waals surface area contributed by atoms with Crippen molar-refractivity contribution >= 4 is 22.6 Å². The molecule has 0 spiro atoms. The van der Waals surface area contributed by atoms with Gasteiger partial charge >= 0.3 is 0 Å². The third-order valence-corrected chi connectivity index (χ3v) is 7.54. The fraction of sp³-hybridized carbons (Fsp3) is 0.257. The monoisotopic (exact) mass is 589 g/mol. The molecule has 5 aromatic rings. The zero-order valence-electron chi connectivity index (χ0n) is 24.9. The summed E-state index contributed by atoms with van der Waals surface area (Å²) in [4.78, 5) is 38.5. The van der Waals surface area contributed by atoms with Gasteiger partial charge in [0, 0.05) is 37.2 Å². The van der Waals surface area contributed by atoms with Crippen molar-refractivity contribution in [1.29, 1.82) is 0 Å². The van der Waals surface area contributed by atoms with Crippen LogP contribution in [-0.2, 0) is 24.4 Å². The number of nitrogens with one attached hydrogen (secondary N) is 5. The molecule has 5 rings (SSSR count). The number of nitrogens with zero attached hydrogens (tertiary/aromatic N) is 2. The van der Waals surface area contributed by atoms with Crippen molar-refractivity contribution in [2.24, 2.45) is 0 Å². The summed E-state index contributed by atoms with van der Waals surface area (Å²) in [6.07, 6.45) is 6.47. The number of hydrogen-bond acceptors (Lipinski definition) is 6. The molecular formula is C35H39N7O2. The molecule has 0 saturated heterocycles. The number of carbonyl (C=O) groups excluding carboxylic acids is 2. The van der Waals surface area contributed by atoms with Crippen molar-refractivity contribution in [3.63, 3.8) is 0 Å². The molecule has 0 aliphatic carbocycles. The first kappa shape index (κ1) is 30.6. The first-order valence-electron chi connectivity index (χ1n) is 15.0. The van der Waals surface area contributed by atoms with Crippen molar-refractivity contribution in [1.82, 2.24) is 36.2 Å². The molecule has 2 amide bonds. The van der Waals surface area contributed by atoms with Crippen LogP contribution in [0.25, 0.3) is 10.8 Å². The van der Waals surface area contributed by atoms with Crippen LogP contribution in [0.15, 0.2) is 104 Å². The molecular weight excluding hydrogens is 550 g/mol. The lowest BCUT2D eigenvalue weighted by molar-refractivity contribution is -0.123. The summed E-state index contributed by atoms with van der Waals surface area (Å²) in [5, 5.41) is 15.1. The van der Waals surface area contributed by atoms with E-state index in [0.717, 1.165) is 33.4 Å². The molecule has 0 saturated carbocycles. The molecule has 2 heterocycles. The van der Waals surface area contributed by atoms with Crippen LogP contribution >= 0.6 is 0 Å². The van der Waals surface area contributed by atoms with Crippen LogP contribution in [0.5, 0.6) is 0 Å². The Bertz CT molecular complexity index is 1620. The fourth-order valence-corrected chi connectivity index (χ4v) is 5.17. The molecule has 226 valence electrons. The van der Waals surface area contributed by atoms with Gasteiger partial charge in [-0.15, -0.1) is 0 Å². The lowest BCUT2D eigenvalue weighted by atomic mass is 9.99. The second-order valence-electron chi connectivity index (χ2n) is 10.8. The standard InChI is InChI=1S/C35H39N7O2/c1-25(30-12-6-9-27-8-2-3-11-31(27)30)41-35(44)32(13-7-18-36-24-33-39-20-21-40-33)42-34(43)28-16-14-26(15-17-28)22-37-23-29-10-4-5-19-38-29/h2-6,8-12,14-17,19-21,25,32,36-37H,7,13,18,22-24H2,1H3,(H,39,40)(H,41,44)(H,42,43)/t25-,32-/m0/s1. The zero-order valence-corrected chi connectivity index (χ0v) is 24.9. The molecule has 0 aliphatic heterocycles. The average Bonchev–Trinajstić information content (AvgIpc) is 3.58. The van der Waals surface area contributed by atoms with Crippen LogP contribution in [0.3, 0.4) is 0 Å². The highest BCUT2D eigenvalue weighted by Gasteiger charge is 2.23. The number of carbonyl (C=O) groups is 2. The highest BCUT2D eigenvalue weighted by molar-refractivity contribution is 5.97. The van der Waals surface area contributed by atoms with Gasteiger partial charge in [0.2, 0.25) is 5.91 Å². The minimum absolute atomic E-state index is 0.208. The van der Waals surface area contributed by atoms with Gasteiger partial charge in [-0.1, -0.05) is 60.7 Å². The Balaban J connectivity index is 1.20. The number of pyridine rings is 1. The maximum absolute atomic E-state index is 13.6. The molecule has 9 heteroatoms. The number of aromatic amines is 1. The Morgan fingerprint density at radius 1 is 0.795 bits per heavy atom. The van der Waals surface area contributed by atoms with E-state index in [1.54, 1.807) is 30.7 Å². The number of aromatic nitrogens is 3. The van der Waals surface area contributed by atoms with Gasteiger partial charge in [0.15, 0.2) is 0 Å². The van der Waals surface area contributed by atoms with E-state index in [-0.39, 0.29) is 17.9 Å². The summed E-state index contributed by atoms with van der Waals surface area (Å²) in [7, 11) is 0. The summed E-state index contributed by atoms with van der Waals surface area (Å²) in [6, 6.07) is 26.6. The number of imidazole rings is 1. The maximum Gasteiger partial charge on any atom is 0.251 e. The van der Waals surface area contributed by atoms with E-state index < -0.39 is 6.04 Å². The third kappa shape index (κ3) is 8.59. The predicted octanol–water partition coefficient (Wildman–Crippen LogP) is 4.79. The van der Waals surface area contributed by atoms with Crippen LogP contribution < -0.4 is 21.3 Å². The maximum atomic E-state index is 13.6. The van der Waals surface area contributed by atoms with Crippen molar-refractivity contribution in [3.8, 4) is 0 Å². The van der Waals surface area contributed by atoms with E-state index in [0.29, 0.717) is 44.6 Å². The van der Waals surface area contributed by atoms with E-state index in [2.05, 4.69) is 54.4 Å². The largest absolute Gasteiger partial charge is 0.348 e. The van der Waals surface area contributed by atoms with Gasteiger partial charge in [0.05, 0.1) is 18.3 Å². The number of benzene rings is 3. The molecule has 0 bridgehead atoms. The van der Waals surface area contributed by atoms with Crippen LogP contribution in [0.1, 0.15) is 58.8 Å². The summed E-state index contributed by atoms with van der Waals surface area (Å²) in [5.74, 6) is 0.367. The molecule has 3 aromatic carbocycles. The fourth-order valence-electron chi connectivity index (χ4n) is 5.17. The third-order valence-electron chi connectivity index (χ3n) is 7.54. The average molecular weight is 590 g/mol. The minimum atomic E-state index is -0.690. The molecule has 0 aliphatic rings. The van der Waals surface area contributed by atoms with Crippen molar-refractivity contribution in [2.45, 2.75) is 51.5 Å². The molecule has 44 heavy (non-hydrogen) atoms. The highest BCUT2D eigenvalue weighted by atomic mass is 16.2. The number of amides is 2. The topological polar surface area (TPSA) is 124 Å². The van der Waals surface area contributed by atoms with E-state index in [1.807, 2.05) is 61.5 Å². The predicted molar refractivity (Wildman–Crippen MR) is 173 cm³/mol. The van der Waals surface area contributed by atoms with Crippen LogP contribution in [0.4, 0.5) is 0 Å². The van der Waals surface area contributed by atoms with E-state index >= 15 is 0 Å². The van der Waals surface area contributed by atoms with Crippen molar-refractivity contribution in [2.75, 3.05) is 6.54 Å². The minimum Gasteiger partial charge on any atom is -0.348 e. The van der Waals surface area contributed by atoms with Gasteiger partial charge in [0.1, 0.15) is 11.9 Å². The number of hydrogen-bond donors (Lipinski definition) is 5. The first-order chi connectivity index (χ1) is 21.6. The number of rotatable bonds is 15. The lowest BCUT2D eigenvalue weighted by Crippen LogP contribution is -2.47. The van der Waals surface area contributed by atoms with Gasteiger partial charge in [0.25, 0.3) is 5.91 Å². The molecule has 0 unspecified atom stereocenters. The summed E-state index contributed by atoms with van der Waals surface area (Å²) in [5.41, 5.74) is 3.57. The van der Waals surface area contributed by atoms with E-state index in [4.69, 9.17) is 0 Å². The Labute approximate surface area is 257 Å². The van der Waals surface area contributed by atoms with Crippen molar-refractivity contribution in [3.05, 3.63) is 132 Å². The van der Waals surface area contributed by atoms with E-state index in [9.17, 15) is 9.59 Å². The van der Waals surface area contributed by atoms with Gasteiger partial charge in [-0.2, -0.15) is 0 Å². The lowest BCUT2D eigenvalue weighted by Gasteiger charge is -2.23. The number of H-pyrrole nitrogens is 1. The Hall–Kier alpha value is -4.86. The van der Waals surface area contributed by atoms with Crippen LogP contribution in [0, 0.1) is 0 Å². The molecule has 9 nitrogen and oxygen atoms in total. The highest BCUT2D eigenvalue weighted by Crippen LogP contribution is 2.24. The van der Waals surface area contributed by atoms with Crippen molar-refractivity contribution < 1.29 is 9.59 Å². The summed E-state index contributed by atoms with van der Waals surface area (Å²) < 4.78 is 0. The summed E-state index contributed by atoms with van der Waals surface area (Å²) in [6.45, 7) is 4.58. The quantitative estimate of drug-likeness (QED) is 0.112. The second kappa shape index (κ2) is 15.6. The molecule has 2 atom stereocenters.